The normalized spacial score (nSPS) is 23.9. The Balaban J connectivity index is 2.36. The molecule has 17 heavy (non-hydrogen) atoms. The van der Waals surface area contributed by atoms with E-state index in [1.807, 2.05) is 0 Å². The summed E-state index contributed by atoms with van der Waals surface area (Å²) in [6, 6.07) is 0. The topological polar surface area (TPSA) is 49.4 Å². The summed E-state index contributed by atoms with van der Waals surface area (Å²) < 4.78 is 24.6. The van der Waals surface area contributed by atoms with Crippen molar-refractivity contribution in [3.8, 4) is 0 Å². The van der Waals surface area contributed by atoms with Crippen LogP contribution in [0.3, 0.4) is 0 Å². The van der Waals surface area contributed by atoms with E-state index < -0.39 is 10.0 Å². The largest absolute Gasteiger partial charge is 0.312 e. The SMILES string of the molecule is CC(C)(C)NCCC1CCCN(S(C)(=O)=O)C1. The fourth-order valence-corrected chi connectivity index (χ4v) is 3.16. The van der Waals surface area contributed by atoms with E-state index in [0.29, 0.717) is 19.0 Å². The van der Waals surface area contributed by atoms with Crippen molar-refractivity contribution < 1.29 is 8.42 Å². The number of hydrogen-bond donors (Lipinski definition) is 1. The average Bonchev–Trinajstić information content (AvgIpc) is 2.15. The first-order valence-corrected chi connectivity index (χ1v) is 8.23. The van der Waals surface area contributed by atoms with E-state index >= 15 is 0 Å². The molecule has 4 nitrogen and oxygen atoms in total. The smallest absolute Gasteiger partial charge is 0.211 e. The molecule has 0 aromatic rings. The van der Waals surface area contributed by atoms with Gasteiger partial charge in [-0.25, -0.2) is 12.7 Å². The second-order valence-electron chi connectivity index (χ2n) is 6.09. The molecule has 0 amide bonds. The molecular formula is C12H26N2O2S. The predicted molar refractivity (Wildman–Crippen MR) is 71.5 cm³/mol. The molecule has 0 aromatic heterocycles. The number of hydrogen-bond acceptors (Lipinski definition) is 3. The number of piperidine rings is 1. The molecule has 0 bridgehead atoms. The molecule has 5 heteroatoms. The van der Waals surface area contributed by atoms with Gasteiger partial charge in [0, 0.05) is 18.6 Å². The highest BCUT2D eigenvalue weighted by atomic mass is 32.2. The maximum Gasteiger partial charge on any atom is 0.211 e. The first-order valence-electron chi connectivity index (χ1n) is 6.38. The lowest BCUT2D eigenvalue weighted by atomic mass is 9.96. The number of rotatable bonds is 4. The van der Waals surface area contributed by atoms with Crippen molar-refractivity contribution in [2.75, 3.05) is 25.9 Å². The maximum absolute atomic E-state index is 11.5. The Kier molecular flexibility index (Phi) is 4.98. The minimum Gasteiger partial charge on any atom is -0.312 e. The molecular weight excluding hydrogens is 236 g/mol. The van der Waals surface area contributed by atoms with Crippen LogP contribution in [0.1, 0.15) is 40.0 Å². The second-order valence-corrected chi connectivity index (χ2v) is 8.08. The van der Waals surface area contributed by atoms with Gasteiger partial charge in [-0.3, -0.25) is 0 Å². The zero-order valence-electron chi connectivity index (χ0n) is 11.5. The van der Waals surface area contributed by atoms with Crippen LogP contribution < -0.4 is 5.32 Å². The van der Waals surface area contributed by atoms with Crippen molar-refractivity contribution in [3.05, 3.63) is 0 Å². The maximum atomic E-state index is 11.5. The van der Waals surface area contributed by atoms with Crippen LogP contribution in [0, 0.1) is 5.92 Å². The third kappa shape index (κ3) is 5.84. The highest BCUT2D eigenvalue weighted by Crippen LogP contribution is 2.21. The Bertz CT molecular complexity index is 333. The summed E-state index contributed by atoms with van der Waals surface area (Å²) >= 11 is 0. The molecule has 0 spiro atoms. The lowest BCUT2D eigenvalue weighted by molar-refractivity contribution is 0.249. The van der Waals surface area contributed by atoms with Crippen molar-refractivity contribution in [2.24, 2.45) is 5.92 Å². The molecule has 1 unspecified atom stereocenters. The van der Waals surface area contributed by atoms with Gasteiger partial charge in [-0.05, 0) is 52.5 Å². The summed E-state index contributed by atoms with van der Waals surface area (Å²) in [6.45, 7) is 8.81. The Labute approximate surface area is 106 Å². The van der Waals surface area contributed by atoms with Crippen LogP contribution in [0.15, 0.2) is 0 Å². The summed E-state index contributed by atoms with van der Waals surface area (Å²) in [7, 11) is -3.00. The average molecular weight is 262 g/mol. The third-order valence-electron chi connectivity index (χ3n) is 3.16. The minimum atomic E-state index is -3.00. The molecule has 1 heterocycles. The zero-order chi connectivity index (χ0) is 13.1. The molecule has 102 valence electrons. The summed E-state index contributed by atoms with van der Waals surface area (Å²) in [5, 5.41) is 3.45. The molecule has 1 saturated heterocycles. The molecule has 0 radical (unpaired) electrons. The van der Waals surface area contributed by atoms with Gasteiger partial charge in [0.1, 0.15) is 0 Å². The molecule has 1 N–H and O–H groups in total. The second kappa shape index (κ2) is 5.67. The number of nitrogens with one attached hydrogen (secondary N) is 1. The standard InChI is InChI=1S/C12H26N2O2S/c1-12(2,3)13-8-7-11-6-5-9-14(10-11)17(4,15)16/h11,13H,5-10H2,1-4H3. The summed E-state index contributed by atoms with van der Waals surface area (Å²) in [5.41, 5.74) is 0.144. The lowest BCUT2D eigenvalue weighted by Crippen LogP contribution is -2.41. The molecule has 1 aliphatic rings. The molecule has 1 atom stereocenters. The first-order chi connectivity index (χ1) is 7.68. The highest BCUT2D eigenvalue weighted by molar-refractivity contribution is 7.88. The fraction of sp³-hybridized carbons (Fsp3) is 1.00. The van der Waals surface area contributed by atoms with Gasteiger partial charge in [0.15, 0.2) is 0 Å². The van der Waals surface area contributed by atoms with Crippen LogP contribution in [0.4, 0.5) is 0 Å². The zero-order valence-corrected chi connectivity index (χ0v) is 12.3. The van der Waals surface area contributed by atoms with Gasteiger partial charge >= 0.3 is 0 Å². The van der Waals surface area contributed by atoms with Crippen molar-refractivity contribution in [1.29, 1.82) is 0 Å². The van der Waals surface area contributed by atoms with E-state index in [9.17, 15) is 8.42 Å². The highest BCUT2D eigenvalue weighted by Gasteiger charge is 2.25. The summed E-state index contributed by atoms with van der Waals surface area (Å²) in [4.78, 5) is 0. The van der Waals surface area contributed by atoms with Gasteiger partial charge in [-0.2, -0.15) is 0 Å². The van der Waals surface area contributed by atoms with E-state index in [1.54, 1.807) is 4.31 Å². The van der Waals surface area contributed by atoms with E-state index in [1.165, 1.54) is 6.26 Å². The fourth-order valence-electron chi connectivity index (χ4n) is 2.22. The summed E-state index contributed by atoms with van der Waals surface area (Å²) in [6.07, 6.45) is 4.51. The summed E-state index contributed by atoms with van der Waals surface area (Å²) in [5.74, 6) is 0.508. The molecule has 1 aliphatic heterocycles. The predicted octanol–water partition coefficient (Wildman–Crippen LogP) is 1.44. The Morgan fingerprint density at radius 2 is 2.00 bits per heavy atom. The van der Waals surface area contributed by atoms with Gasteiger partial charge in [-0.1, -0.05) is 0 Å². The van der Waals surface area contributed by atoms with Crippen molar-refractivity contribution in [1.82, 2.24) is 9.62 Å². The quantitative estimate of drug-likeness (QED) is 0.834. The van der Waals surface area contributed by atoms with E-state index in [4.69, 9.17) is 0 Å². The van der Waals surface area contributed by atoms with Crippen LogP contribution in [-0.4, -0.2) is 44.2 Å². The molecule has 1 fully saturated rings. The van der Waals surface area contributed by atoms with Gasteiger partial charge in [-0.15, -0.1) is 0 Å². The van der Waals surface area contributed by atoms with E-state index in [-0.39, 0.29) is 5.54 Å². The van der Waals surface area contributed by atoms with Crippen LogP contribution >= 0.6 is 0 Å². The molecule has 0 aliphatic carbocycles. The monoisotopic (exact) mass is 262 g/mol. The van der Waals surface area contributed by atoms with Crippen LogP contribution in [0.25, 0.3) is 0 Å². The first kappa shape index (κ1) is 14.9. The molecule has 0 aromatic carbocycles. The molecule has 0 saturated carbocycles. The van der Waals surface area contributed by atoms with Crippen molar-refractivity contribution in [2.45, 2.75) is 45.6 Å². The molecule has 1 rings (SSSR count). The van der Waals surface area contributed by atoms with Crippen LogP contribution in [-0.2, 0) is 10.0 Å². The van der Waals surface area contributed by atoms with Gasteiger partial charge in [0.25, 0.3) is 0 Å². The van der Waals surface area contributed by atoms with E-state index in [0.717, 1.165) is 25.8 Å². The Morgan fingerprint density at radius 3 is 2.53 bits per heavy atom. The van der Waals surface area contributed by atoms with Gasteiger partial charge in [0.2, 0.25) is 10.0 Å². The Morgan fingerprint density at radius 1 is 1.35 bits per heavy atom. The van der Waals surface area contributed by atoms with Gasteiger partial charge < -0.3 is 5.32 Å². The van der Waals surface area contributed by atoms with Crippen LogP contribution in [0.5, 0.6) is 0 Å². The Hall–Kier alpha value is -0.130. The number of sulfonamides is 1. The van der Waals surface area contributed by atoms with Crippen LogP contribution in [0.2, 0.25) is 0 Å². The minimum absolute atomic E-state index is 0.144. The van der Waals surface area contributed by atoms with E-state index in [2.05, 4.69) is 26.1 Å². The third-order valence-corrected chi connectivity index (χ3v) is 4.43. The number of nitrogens with zero attached hydrogens (tertiary/aromatic N) is 1. The van der Waals surface area contributed by atoms with Gasteiger partial charge in [0.05, 0.1) is 6.26 Å². The van der Waals surface area contributed by atoms with Crippen molar-refractivity contribution in [3.63, 3.8) is 0 Å². The lowest BCUT2D eigenvalue weighted by Gasteiger charge is -2.31. The van der Waals surface area contributed by atoms with Crippen molar-refractivity contribution >= 4 is 10.0 Å².